The van der Waals surface area contributed by atoms with E-state index >= 15 is 0 Å². The predicted octanol–water partition coefficient (Wildman–Crippen LogP) is 7.09. The van der Waals surface area contributed by atoms with E-state index in [-0.39, 0.29) is 17.7 Å². The quantitative estimate of drug-likeness (QED) is 0.418. The number of nitrogens with one attached hydrogen (secondary N) is 1. The number of amides is 1. The third kappa shape index (κ3) is 5.22. The van der Waals surface area contributed by atoms with E-state index in [2.05, 4.69) is 21.2 Å². The molecule has 2 heterocycles. The third-order valence-electron chi connectivity index (χ3n) is 11.0. The van der Waals surface area contributed by atoms with E-state index in [1.165, 1.54) is 57.8 Å². The number of hydrogen-bond acceptors (Lipinski definition) is 4. The first kappa shape index (κ1) is 26.2. The molecule has 6 nitrogen and oxygen atoms in total. The highest BCUT2D eigenvalue weighted by atomic mass is 16.4. The zero-order chi connectivity index (χ0) is 26.2. The van der Waals surface area contributed by atoms with Gasteiger partial charge in [0, 0.05) is 36.1 Å². The molecule has 0 aromatic heterocycles. The molecule has 0 radical (unpaired) electrons. The Labute approximate surface area is 228 Å². The van der Waals surface area contributed by atoms with Gasteiger partial charge >= 0.3 is 6.09 Å². The van der Waals surface area contributed by atoms with Crippen molar-refractivity contribution in [3.8, 4) is 0 Å². The van der Waals surface area contributed by atoms with Crippen LogP contribution in [0.5, 0.6) is 0 Å². The Balaban J connectivity index is 1.32. The summed E-state index contributed by atoms with van der Waals surface area (Å²) in [5.41, 5.74) is 1.62. The number of fused-ring (bicyclic) bond motifs is 4. The van der Waals surface area contributed by atoms with Crippen LogP contribution in [-0.2, 0) is 4.79 Å². The SMILES string of the molecule is CC(=O)C1CCCCC1N(c1ccccc1NC(=O)O)C1CC2CCCC(C1)N2C1CC2CCCC(C2)C1. The van der Waals surface area contributed by atoms with Crippen LogP contribution in [-0.4, -0.2) is 52.1 Å². The van der Waals surface area contributed by atoms with Gasteiger partial charge in [-0.1, -0.05) is 50.7 Å². The molecule has 6 rings (SSSR count). The molecule has 38 heavy (non-hydrogen) atoms. The van der Waals surface area contributed by atoms with E-state index in [1.807, 2.05) is 18.2 Å². The average Bonchev–Trinajstić information content (AvgIpc) is 2.89. The molecule has 2 N–H and O–H groups in total. The minimum absolute atomic E-state index is 0.0252. The number of carboxylic acid groups (broad SMARTS) is 1. The van der Waals surface area contributed by atoms with Gasteiger partial charge < -0.3 is 10.0 Å². The number of benzene rings is 1. The number of carbonyl (C=O) groups excluding carboxylic acids is 1. The number of rotatable bonds is 6. The molecule has 208 valence electrons. The van der Waals surface area contributed by atoms with E-state index in [0.717, 1.165) is 62.1 Å². The van der Waals surface area contributed by atoms with Crippen LogP contribution in [0.25, 0.3) is 0 Å². The summed E-state index contributed by atoms with van der Waals surface area (Å²) in [5, 5.41) is 12.3. The van der Waals surface area contributed by atoms with Crippen molar-refractivity contribution in [2.75, 3.05) is 10.2 Å². The van der Waals surface area contributed by atoms with Crippen molar-refractivity contribution in [2.24, 2.45) is 17.8 Å². The highest BCUT2D eigenvalue weighted by molar-refractivity contribution is 5.89. The van der Waals surface area contributed by atoms with Crippen LogP contribution in [0.3, 0.4) is 0 Å². The average molecular weight is 522 g/mol. The third-order valence-corrected chi connectivity index (χ3v) is 11.0. The Morgan fingerprint density at radius 1 is 0.816 bits per heavy atom. The second-order valence-corrected chi connectivity index (χ2v) is 13.3. The van der Waals surface area contributed by atoms with E-state index in [0.29, 0.717) is 23.8 Å². The van der Waals surface area contributed by atoms with E-state index in [9.17, 15) is 14.7 Å². The van der Waals surface area contributed by atoms with Gasteiger partial charge in [0.15, 0.2) is 0 Å². The molecule has 6 unspecified atom stereocenters. The van der Waals surface area contributed by atoms with Gasteiger partial charge in [-0.25, -0.2) is 4.79 Å². The number of piperidine rings is 2. The normalized spacial score (nSPS) is 37.3. The van der Waals surface area contributed by atoms with Gasteiger partial charge in [0.25, 0.3) is 0 Å². The summed E-state index contributed by atoms with van der Waals surface area (Å²) in [6.07, 6.45) is 17.9. The van der Waals surface area contributed by atoms with Gasteiger partial charge in [0.2, 0.25) is 0 Å². The molecule has 2 aliphatic heterocycles. The first-order valence-electron chi connectivity index (χ1n) is 15.6. The van der Waals surface area contributed by atoms with Gasteiger partial charge in [-0.2, -0.15) is 0 Å². The Kier molecular flexibility index (Phi) is 7.70. The van der Waals surface area contributed by atoms with Crippen LogP contribution >= 0.6 is 0 Å². The van der Waals surface area contributed by atoms with Gasteiger partial charge in [-0.3, -0.25) is 15.0 Å². The van der Waals surface area contributed by atoms with Gasteiger partial charge in [-0.15, -0.1) is 0 Å². The van der Waals surface area contributed by atoms with E-state index < -0.39 is 6.09 Å². The second kappa shape index (κ2) is 11.2. The van der Waals surface area contributed by atoms with Gasteiger partial charge in [0.1, 0.15) is 5.78 Å². The van der Waals surface area contributed by atoms with E-state index in [4.69, 9.17) is 0 Å². The van der Waals surface area contributed by atoms with E-state index in [1.54, 1.807) is 6.92 Å². The molecule has 0 spiro atoms. The lowest BCUT2D eigenvalue weighted by atomic mass is 9.68. The Bertz CT molecular complexity index is 987. The van der Waals surface area contributed by atoms with Crippen LogP contribution in [0.15, 0.2) is 24.3 Å². The van der Waals surface area contributed by atoms with Crippen molar-refractivity contribution < 1.29 is 14.7 Å². The molecule has 6 heteroatoms. The fourth-order valence-corrected chi connectivity index (χ4v) is 9.64. The molecule has 2 saturated heterocycles. The van der Waals surface area contributed by atoms with Crippen LogP contribution in [0.2, 0.25) is 0 Å². The molecule has 3 aliphatic carbocycles. The zero-order valence-electron chi connectivity index (χ0n) is 23.2. The summed E-state index contributed by atoms with van der Waals surface area (Å²) in [7, 11) is 0. The molecule has 5 fully saturated rings. The topological polar surface area (TPSA) is 72.9 Å². The number of carbonyl (C=O) groups is 2. The number of ketones is 1. The lowest BCUT2D eigenvalue weighted by molar-refractivity contribution is -0.122. The van der Waals surface area contributed by atoms with Crippen LogP contribution in [0.4, 0.5) is 16.2 Å². The fraction of sp³-hybridized carbons (Fsp3) is 0.750. The standard InChI is InChI=1S/C32H47N3O3/c1-21(36)28-12-2-4-14-30(28)35(31-15-5-3-13-29(31)33-32(37)38)27-19-24-10-7-11-25(20-27)34(24)26-17-22-8-6-9-23(16-22)18-26/h3,5,13,15,22-28,30,33H,2,4,6-12,14,16-20H2,1H3,(H,37,38). The smallest absolute Gasteiger partial charge is 0.409 e. The minimum atomic E-state index is -1.03. The number of para-hydroxylation sites is 2. The number of hydrogen-bond donors (Lipinski definition) is 2. The molecule has 5 aliphatic rings. The Morgan fingerprint density at radius 3 is 2.16 bits per heavy atom. The van der Waals surface area contributed by atoms with Crippen LogP contribution in [0, 0.1) is 17.8 Å². The van der Waals surface area contributed by atoms with Crippen LogP contribution in [0.1, 0.15) is 103 Å². The van der Waals surface area contributed by atoms with Crippen molar-refractivity contribution in [3.63, 3.8) is 0 Å². The number of Topliss-reactive ketones (excluding diaryl/α,β-unsaturated/α-hetero) is 1. The highest BCUT2D eigenvalue weighted by Gasteiger charge is 2.48. The Hall–Kier alpha value is -2.08. The number of anilines is 2. The molecular formula is C32H47N3O3. The second-order valence-electron chi connectivity index (χ2n) is 13.3. The predicted molar refractivity (Wildman–Crippen MR) is 152 cm³/mol. The Morgan fingerprint density at radius 2 is 1.47 bits per heavy atom. The maximum atomic E-state index is 12.9. The summed E-state index contributed by atoms with van der Waals surface area (Å²) in [6, 6.07) is 10.4. The summed E-state index contributed by atoms with van der Waals surface area (Å²) < 4.78 is 0. The van der Waals surface area contributed by atoms with Crippen molar-refractivity contribution >= 4 is 23.3 Å². The molecule has 1 aromatic rings. The maximum Gasteiger partial charge on any atom is 0.409 e. The van der Waals surface area contributed by atoms with Crippen molar-refractivity contribution in [3.05, 3.63) is 24.3 Å². The lowest BCUT2D eigenvalue weighted by Crippen LogP contribution is -2.63. The molecule has 1 aromatic carbocycles. The van der Waals surface area contributed by atoms with Crippen molar-refractivity contribution in [1.29, 1.82) is 0 Å². The van der Waals surface area contributed by atoms with Gasteiger partial charge in [-0.05, 0) is 88.7 Å². The lowest BCUT2D eigenvalue weighted by Gasteiger charge is -2.58. The minimum Gasteiger partial charge on any atom is -0.465 e. The number of nitrogens with zero attached hydrogens (tertiary/aromatic N) is 2. The molecule has 4 bridgehead atoms. The maximum absolute atomic E-state index is 12.9. The summed E-state index contributed by atoms with van der Waals surface area (Å²) in [5.74, 6) is 2.19. The zero-order valence-corrected chi connectivity index (χ0v) is 23.2. The molecule has 3 saturated carbocycles. The largest absolute Gasteiger partial charge is 0.465 e. The molecular weight excluding hydrogens is 474 g/mol. The van der Waals surface area contributed by atoms with Crippen LogP contribution < -0.4 is 10.2 Å². The molecule has 1 amide bonds. The van der Waals surface area contributed by atoms with Gasteiger partial charge in [0.05, 0.1) is 11.4 Å². The summed E-state index contributed by atoms with van der Waals surface area (Å²) >= 11 is 0. The van der Waals surface area contributed by atoms with Crippen molar-refractivity contribution in [2.45, 2.75) is 133 Å². The summed E-state index contributed by atoms with van der Waals surface area (Å²) in [6.45, 7) is 1.76. The first-order valence-corrected chi connectivity index (χ1v) is 15.6. The summed E-state index contributed by atoms with van der Waals surface area (Å²) in [4.78, 5) is 30.2. The first-order chi connectivity index (χ1) is 18.5. The monoisotopic (exact) mass is 521 g/mol. The van der Waals surface area contributed by atoms with Crippen molar-refractivity contribution in [1.82, 2.24) is 4.90 Å². The molecule has 6 atom stereocenters. The fourth-order valence-electron chi connectivity index (χ4n) is 9.64. The highest BCUT2D eigenvalue weighted by Crippen LogP contribution is 2.48.